The van der Waals surface area contributed by atoms with Crippen LogP contribution in [-0.4, -0.2) is 58.0 Å². The van der Waals surface area contributed by atoms with Crippen LogP contribution in [0.15, 0.2) is 60.2 Å². The summed E-state index contributed by atoms with van der Waals surface area (Å²) < 4.78 is 46.4. The molecule has 0 radical (unpaired) electrons. The molecule has 3 saturated carbocycles. The summed E-state index contributed by atoms with van der Waals surface area (Å²) in [5.41, 5.74) is 1.33. The van der Waals surface area contributed by atoms with E-state index in [1.807, 2.05) is 36.4 Å². The third-order valence-corrected chi connectivity index (χ3v) is 12.7. The largest absolute Gasteiger partial charge is 0.399 e. The molecule has 0 unspecified atom stereocenters. The van der Waals surface area contributed by atoms with E-state index in [1.54, 1.807) is 13.8 Å². The maximum absolute atomic E-state index is 17.5. The number of halogens is 2. The fourth-order valence-electron chi connectivity index (χ4n) is 9.37. The van der Waals surface area contributed by atoms with Gasteiger partial charge in [-0.2, -0.15) is 0 Å². The van der Waals surface area contributed by atoms with E-state index in [1.165, 1.54) is 23.5 Å². The number of nitrogens with two attached hydrogens (primary N) is 1. The maximum Gasteiger partial charge on any atom is 0.194 e. The van der Waals surface area contributed by atoms with Gasteiger partial charge in [0.15, 0.2) is 29.1 Å². The van der Waals surface area contributed by atoms with Crippen LogP contribution in [0.5, 0.6) is 0 Å². The van der Waals surface area contributed by atoms with Crippen LogP contribution in [0.3, 0.4) is 0 Å². The van der Waals surface area contributed by atoms with Gasteiger partial charge < -0.3 is 25.4 Å². The lowest BCUT2D eigenvalue weighted by atomic mass is 9.44. The highest BCUT2D eigenvalue weighted by atomic mass is 32.1. The summed E-state index contributed by atoms with van der Waals surface area (Å²) in [6, 6.07) is 11.6. The first-order chi connectivity index (χ1) is 20.9. The minimum Gasteiger partial charge on any atom is -0.399 e. The maximum atomic E-state index is 17.5. The van der Waals surface area contributed by atoms with Crippen molar-refractivity contribution in [2.75, 3.05) is 12.3 Å². The Morgan fingerprint density at radius 3 is 2.66 bits per heavy atom. The molecule has 0 amide bonds. The number of aliphatic hydroxyl groups excluding tert-OH is 2. The van der Waals surface area contributed by atoms with Gasteiger partial charge in [0.1, 0.15) is 12.8 Å². The Balaban J connectivity index is 1.20. The highest BCUT2D eigenvalue weighted by molar-refractivity contribution is 7.12. The standard InChI is InChI=1S/C34H37F2NO6S/c1-31-12-11-19(39)13-23(31)24(35)14-22-21-15-29-34(28(41)17-38,32(21,2)16-27(40)33(22,31)36)43-30(42-29)26-10-9-20(44-26)8-7-18-5-3-4-6-25(18)37/h3-6,9-13,21-22,24,27,29-30,38,40H,7-8,14-17,37H2,1-2H3/t21-,22-,24-,27-,29+,30+,31-,32-,33-,34+/m0/s1. The minimum atomic E-state index is -2.28. The number of anilines is 1. The number of para-hydroxylation sites is 1. The number of fused-ring (bicyclic) bond motifs is 7. The Hall–Kier alpha value is -2.76. The molecule has 44 heavy (non-hydrogen) atoms. The number of carbonyl (C=O) groups excluding carboxylic acids is 2. The monoisotopic (exact) mass is 625 g/mol. The van der Waals surface area contributed by atoms with Crippen LogP contribution in [0, 0.1) is 22.7 Å². The van der Waals surface area contributed by atoms with Crippen LogP contribution in [0.1, 0.15) is 54.7 Å². The predicted molar refractivity (Wildman–Crippen MR) is 160 cm³/mol. The number of alkyl halides is 2. The number of nitrogen functional groups attached to an aromatic ring is 1. The molecule has 2 aromatic rings. The van der Waals surface area contributed by atoms with E-state index in [0.717, 1.165) is 39.9 Å². The topological polar surface area (TPSA) is 119 Å². The normalized spacial score (nSPS) is 42.3. The second-order valence-corrected chi connectivity index (χ2v) is 14.7. The number of hydrogen-bond donors (Lipinski definition) is 3. The van der Waals surface area contributed by atoms with Crippen molar-refractivity contribution in [2.24, 2.45) is 22.7 Å². The van der Waals surface area contributed by atoms with Gasteiger partial charge in [-0.25, -0.2) is 8.78 Å². The van der Waals surface area contributed by atoms with Crippen molar-refractivity contribution in [1.29, 1.82) is 0 Å². The van der Waals surface area contributed by atoms with Gasteiger partial charge in [-0.15, -0.1) is 11.3 Å². The predicted octanol–water partition coefficient (Wildman–Crippen LogP) is 4.76. The Morgan fingerprint density at radius 1 is 1.14 bits per heavy atom. The first-order valence-electron chi connectivity index (χ1n) is 15.2. The first kappa shape index (κ1) is 29.9. The van der Waals surface area contributed by atoms with E-state index in [-0.39, 0.29) is 24.8 Å². The Labute approximate surface area is 258 Å². The molecule has 1 saturated heterocycles. The number of ether oxygens (including phenoxy) is 2. The highest BCUT2D eigenvalue weighted by Gasteiger charge is 2.80. The molecule has 10 heteroatoms. The number of benzene rings is 1. The molecule has 5 aliphatic rings. The molecule has 4 aliphatic carbocycles. The lowest BCUT2D eigenvalue weighted by Gasteiger charge is -2.63. The lowest BCUT2D eigenvalue weighted by molar-refractivity contribution is -0.234. The van der Waals surface area contributed by atoms with E-state index in [2.05, 4.69) is 0 Å². The van der Waals surface area contributed by atoms with E-state index in [0.29, 0.717) is 0 Å². The van der Waals surface area contributed by atoms with Gasteiger partial charge >= 0.3 is 0 Å². The molecule has 1 aliphatic heterocycles. The van der Waals surface area contributed by atoms with E-state index >= 15 is 8.78 Å². The van der Waals surface area contributed by atoms with E-state index in [9.17, 15) is 19.8 Å². The zero-order valence-corrected chi connectivity index (χ0v) is 25.5. The first-order valence-corrected chi connectivity index (χ1v) is 16.1. The number of hydrogen-bond acceptors (Lipinski definition) is 8. The SMILES string of the molecule is C[C@]12C=CC(=O)C=C1[C@@H](F)C[C@H]1[C@@H]3C[C@H]4O[C@@H](c5ccc(CCc6ccccc6N)s5)O[C@@]4(C(=O)CO)[C@@]3(C)C[C@H](O)[C@@]12F. The Bertz CT molecular complexity index is 1590. The fraction of sp³-hybridized carbons (Fsp3) is 0.529. The molecule has 4 N–H and O–H groups in total. The van der Waals surface area contributed by atoms with Crippen LogP contribution >= 0.6 is 11.3 Å². The summed E-state index contributed by atoms with van der Waals surface area (Å²) in [4.78, 5) is 27.7. The summed E-state index contributed by atoms with van der Waals surface area (Å²) in [6.07, 6.45) is 0.222. The van der Waals surface area contributed by atoms with Gasteiger partial charge in [-0.05, 0) is 86.4 Å². The van der Waals surface area contributed by atoms with Crippen molar-refractivity contribution in [3.63, 3.8) is 0 Å². The van der Waals surface area contributed by atoms with Crippen LogP contribution in [0.25, 0.3) is 0 Å². The average Bonchev–Trinajstić information content (AvgIpc) is 3.68. The van der Waals surface area contributed by atoms with Gasteiger partial charge in [0.2, 0.25) is 0 Å². The minimum absolute atomic E-state index is 0.0433. The van der Waals surface area contributed by atoms with Crippen LogP contribution < -0.4 is 5.73 Å². The number of carbonyl (C=O) groups is 2. The quantitative estimate of drug-likeness (QED) is 0.396. The zero-order chi connectivity index (χ0) is 31.2. The Morgan fingerprint density at radius 2 is 1.91 bits per heavy atom. The molecule has 1 aromatic carbocycles. The summed E-state index contributed by atoms with van der Waals surface area (Å²) in [5.74, 6) is -2.57. The fourth-order valence-corrected chi connectivity index (χ4v) is 10.3. The van der Waals surface area contributed by atoms with Crippen molar-refractivity contribution in [3.8, 4) is 0 Å². The van der Waals surface area contributed by atoms with Crippen molar-refractivity contribution >= 4 is 28.6 Å². The molecule has 2 heterocycles. The van der Waals surface area contributed by atoms with Crippen LogP contribution in [-0.2, 0) is 31.9 Å². The molecule has 1 aromatic heterocycles. The van der Waals surface area contributed by atoms with Gasteiger partial charge in [0.05, 0.1) is 17.1 Å². The van der Waals surface area contributed by atoms with Crippen molar-refractivity contribution in [2.45, 2.75) is 81.9 Å². The summed E-state index contributed by atoms with van der Waals surface area (Å²) in [5, 5.41) is 21.8. The van der Waals surface area contributed by atoms with Crippen molar-refractivity contribution in [3.05, 3.63) is 75.5 Å². The number of Topliss-reactive ketones (excluding diaryl/α,β-unsaturated/α-hetero) is 1. The molecular formula is C34H37F2NO6S. The number of aryl methyl sites for hydroxylation is 2. The smallest absolute Gasteiger partial charge is 0.194 e. The van der Waals surface area contributed by atoms with Gasteiger partial charge in [0, 0.05) is 27.3 Å². The second kappa shape index (κ2) is 10.1. The number of aliphatic hydroxyl groups is 2. The van der Waals surface area contributed by atoms with Crippen LogP contribution in [0.2, 0.25) is 0 Å². The molecule has 7 nitrogen and oxygen atoms in total. The van der Waals surface area contributed by atoms with Crippen molar-refractivity contribution < 1.29 is 38.1 Å². The van der Waals surface area contributed by atoms with Crippen LogP contribution in [0.4, 0.5) is 14.5 Å². The molecule has 0 bridgehead atoms. The lowest BCUT2D eigenvalue weighted by Crippen LogP contribution is -2.70. The average molecular weight is 626 g/mol. The molecule has 10 atom stereocenters. The molecule has 4 fully saturated rings. The Kier molecular flexibility index (Phi) is 6.88. The highest BCUT2D eigenvalue weighted by Crippen LogP contribution is 2.72. The second-order valence-electron chi connectivity index (χ2n) is 13.5. The summed E-state index contributed by atoms with van der Waals surface area (Å²) in [6.45, 7) is 2.51. The molecule has 7 rings (SSSR count). The third kappa shape index (κ3) is 3.84. The molecular weight excluding hydrogens is 588 g/mol. The zero-order valence-electron chi connectivity index (χ0n) is 24.7. The number of thiophene rings is 1. The van der Waals surface area contributed by atoms with Gasteiger partial charge in [-0.3, -0.25) is 9.59 Å². The third-order valence-electron chi connectivity index (χ3n) is 11.5. The summed E-state index contributed by atoms with van der Waals surface area (Å²) >= 11 is 1.51. The number of allylic oxidation sites excluding steroid dienone is 4. The molecule has 234 valence electrons. The van der Waals surface area contributed by atoms with Gasteiger partial charge in [0.25, 0.3) is 0 Å². The molecule has 0 spiro atoms. The number of ketones is 2. The van der Waals surface area contributed by atoms with Crippen molar-refractivity contribution in [1.82, 2.24) is 0 Å². The van der Waals surface area contributed by atoms with Gasteiger partial charge in [-0.1, -0.05) is 31.2 Å². The summed E-state index contributed by atoms with van der Waals surface area (Å²) in [7, 11) is 0. The number of rotatable bonds is 6. The van der Waals surface area contributed by atoms with E-state index < -0.39 is 76.8 Å². The van der Waals surface area contributed by atoms with E-state index in [4.69, 9.17) is 15.2 Å².